The number of benzene rings is 2. The van der Waals surface area contributed by atoms with Gasteiger partial charge in [0.2, 0.25) is 5.89 Å². The zero-order chi connectivity index (χ0) is 14.8. The lowest BCUT2D eigenvalue weighted by molar-refractivity contribution is 0.522. The molecule has 2 N–H and O–H groups in total. The van der Waals surface area contributed by atoms with Crippen molar-refractivity contribution in [1.82, 2.24) is 4.98 Å². The van der Waals surface area contributed by atoms with Gasteiger partial charge in [0.25, 0.3) is 0 Å². The molecule has 0 atom stereocenters. The highest BCUT2D eigenvalue weighted by Crippen LogP contribution is 2.23. The molecule has 108 valence electrons. The average molecular weight is 281 g/mol. The first-order valence-electron chi connectivity index (χ1n) is 7.13. The maximum atomic E-state index is 5.92. The highest BCUT2D eigenvalue weighted by Gasteiger charge is 2.12. The molecule has 0 radical (unpaired) electrons. The molecule has 0 unspecified atom stereocenters. The molecule has 0 bridgehead atoms. The van der Waals surface area contributed by atoms with Crippen LogP contribution in [0.3, 0.4) is 0 Å². The van der Waals surface area contributed by atoms with Gasteiger partial charge in [-0.15, -0.1) is 0 Å². The van der Waals surface area contributed by atoms with Crippen LogP contribution in [0.2, 0.25) is 0 Å². The molecule has 3 rings (SSSR count). The SMILES string of the molecule is CCN(Cc1nc2c(N)cccc2o1)c1ccc(C)cc1. The third-order valence-electron chi connectivity index (χ3n) is 3.60. The molecule has 0 saturated heterocycles. The van der Waals surface area contributed by atoms with Crippen LogP contribution in [0.15, 0.2) is 46.9 Å². The lowest BCUT2D eigenvalue weighted by atomic mass is 10.2. The average Bonchev–Trinajstić information content (AvgIpc) is 2.90. The predicted octanol–water partition coefficient (Wildman–Crippen LogP) is 3.74. The number of rotatable bonds is 4. The molecule has 21 heavy (non-hydrogen) atoms. The van der Waals surface area contributed by atoms with Gasteiger partial charge in [0.05, 0.1) is 12.2 Å². The number of hydrogen-bond acceptors (Lipinski definition) is 4. The third kappa shape index (κ3) is 2.70. The summed E-state index contributed by atoms with van der Waals surface area (Å²) in [4.78, 5) is 6.73. The summed E-state index contributed by atoms with van der Waals surface area (Å²) in [6.07, 6.45) is 0. The van der Waals surface area contributed by atoms with Gasteiger partial charge in [0, 0.05) is 12.2 Å². The molecule has 0 amide bonds. The number of aromatic nitrogens is 1. The Morgan fingerprint density at radius 3 is 2.57 bits per heavy atom. The van der Waals surface area contributed by atoms with E-state index in [1.807, 2.05) is 18.2 Å². The maximum absolute atomic E-state index is 5.92. The van der Waals surface area contributed by atoms with Crippen LogP contribution in [-0.4, -0.2) is 11.5 Å². The van der Waals surface area contributed by atoms with Crippen molar-refractivity contribution < 1.29 is 4.42 Å². The van der Waals surface area contributed by atoms with Crippen molar-refractivity contribution in [2.45, 2.75) is 20.4 Å². The molecule has 0 saturated carbocycles. The van der Waals surface area contributed by atoms with Gasteiger partial charge in [-0.05, 0) is 38.1 Å². The Morgan fingerprint density at radius 2 is 1.90 bits per heavy atom. The Kier molecular flexibility index (Phi) is 3.52. The van der Waals surface area contributed by atoms with Crippen molar-refractivity contribution in [3.05, 3.63) is 53.9 Å². The van der Waals surface area contributed by atoms with E-state index in [0.717, 1.165) is 17.6 Å². The van der Waals surface area contributed by atoms with Crippen molar-refractivity contribution in [3.8, 4) is 0 Å². The molecule has 1 aromatic heterocycles. The Labute approximate surface area is 124 Å². The second-order valence-electron chi connectivity index (χ2n) is 5.15. The van der Waals surface area contributed by atoms with Crippen molar-refractivity contribution in [2.75, 3.05) is 17.2 Å². The van der Waals surface area contributed by atoms with E-state index in [1.54, 1.807) is 0 Å². The maximum Gasteiger partial charge on any atom is 0.215 e. The van der Waals surface area contributed by atoms with Crippen LogP contribution in [0.25, 0.3) is 11.1 Å². The van der Waals surface area contributed by atoms with Crippen molar-refractivity contribution in [2.24, 2.45) is 0 Å². The summed E-state index contributed by atoms with van der Waals surface area (Å²) >= 11 is 0. The lowest BCUT2D eigenvalue weighted by Gasteiger charge is -2.21. The summed E-state index contributed by atoms with van der Waals surface area (Å²) in [6.45, 7) is 5.73. The first kappa shape index (κ1) is 13.5. The molecular formula is C17H19N3O. The number of oxazole rings is 1. The van der Waals surface area contributed by atoms with Gasteiger partial charge < -0.3 is 15.1 Å². The summed E-state index contributed by atoms with van der Waals surface area (Å²) in [5.74, 6) is 0.685. The number of para-hydroxylation sites is 1. The summed E-state index contributed by atoms with van der Waals surface area (Å²) in [5.41, 5.74) is 10.5. The lowest BCUT2D eigenvalue weighted by Crippen LogP contribution is -2.22. The van der Waals surface area contributed by atoms with E-state index in [0.29, 0.717) is 18.1 Å². The van der Waals surface area contributed by atoms with E-state index in [2.05, 4.69) is 48.0 Å². The molecule has 0 aliphatic rings. The van der Waals surface area contributed by atoms with E-state index < -0.39 is 0 Å². The van der Waals surface area contributed by atoms with Gasteiger partial charge in [-0.3, -0.25) is 0 Å². The molecule has 1 heterocycles. The summed E-state index contributed by atoms with van der Waals surface area (Å²) in [7, 11) is 0. The first-order chi connectivity index (χ1) is 10.2. The van der Waals surface area contributed by atoms with Gasteiger partial charge >= 0.3 is 0 Å². The Morgan fingerprint density at radius 1 is 1.14 bits per heavy atom. The normalized spacial score (nSPS) is 11.0. The van der Waals surface area contributed by atoms with Crippen LogP contribution in [0, 0.1) is 6.92 Å². The number of hydrogen-bond donors (Lipinski definition) is 1. The minimum Gasteiger partial charge on any atom is -0.439 e. The second-order valence-corrected chi connectivity index (χ2v) is 5.15. The Bertz CT molecular complexity index is 746. The summed E-state index contributed by atoms with van der Waals surface area (Å²) in [5, 5.41) is 0. The Hall–Kier alpha value is -2.49. The standard InChI is InChI=1S/C17H19N3O/c1-3-20(13-9-7-12(2)8-10-13)11-16-19-17-14(18)5-4-6-15(17)21-16/h4-10H,3,11,18H2,1-2H3. The number of nitrogens with zero attached hydrogens (tertiary/aromatic N) is 2. The molecule has 3 aromatic rings. The van der Waals surface area contributed by atoms with E-state index in [-0.39, 0.29) is 0 Å². The number of aryl methyl sites for hydroxylation is 1. The quantitative estimate of drug-likeness (QED) is 0.740. The molecule has 0 aliphatic carbocycles. The first-order valence-corrected chi connectivity index (χ1v) is 7.13. The van der Waals surface area contributed by atoms with Crippen LogP contribution < -0.4 is 10.6 Å². The van der Waals surface area contributed by atoms with Crippen LogP contribution >= 0.6 is 0 Å². The van der Waals surface area contributed by atoms with Crippen molar-refractivity contribution >= 4 is 22.5 Å². The van der Waals surface area contributed by atoms with Crippen molar-refractivity contribution in [1.29, 1.82) is 0 Å². The molecule has 2 aromatic carbocycles. The zero-order valence-corrected chi connectivity index (χ0v) is 12.3. The minimum atomic E-state index is 0.633. The van der Waals surface area contributed by atoms with Gasteiger partial charge in [0.15, 0.2) is 5.58 Å². The fraction of sp³-hybridized carbons (Fsp3) is 0.235. The number of nitrogens with two attached hydrogens (primary N) is 1. The summed E-state index contributed by atoms with van der Waals surface area (Å²) in [6, 6.07) is 14.1. The molecule has 4 heteroatoms. The van der Waals surface area contributed by atoms with E-state index in [4.69, 9.17) is 10.2 Å². The van der Waals surface area contributed by atoms with E-state index in [9.17, 15) is 0 Å². The van der Waals surface area contributed by atoms with Gasteiger partial charge in [-0.2, -0.15) is 0 Å². The third-order valence-corrected chi connectivity index (χ3v) is 3.60. The van der Waals surface area contributed by atoms with E-state index >= 15 is 0 Å². The highest BCUT2D eigenvalue weighted by molar-refractivity contribution is 5.85. The van der Waals surface area contributed by atoms with Crippen LogP contribution in [-0.2, 0) is 6.54 Å². The van der Waals surface area contributed by atoms with Gasteiger partial charge in [-0.25, -0.2) is 4.98 Å². The smallest absolute Gasteiger partial charge is 0.215 e. The molecule has 4 nitrogen and oxygen atoms in total. The molecule has 0 aliphatic heterocycles. The van der Waals surface area contributed by atoms with Gasteiger partial charge in [-0.1, -0.05) is 23.8 Å². The van der Waals surface area contributed by atoms with Crippen LogP contribution in [0.1, 0.15) is 18.4 Å². The van der Waals surface area contributed by atoms with Crippen molar-refractivity contribution in [3.63, 3.8) is 0 Å². The van der Waals surface area contributed by atoms with Crippen LogP contribution in [0.4, 0.5) is 11.4 Å². The zero-order valence-electron chi connectivity index (χ0n) is 12.3. The largest absolute Gasteiger partial charge is 0.439 e. The number of anilines is 2. The fourth-order valence-corrected chi connectivity index (χ4v) is 2.39. The predicted molar refractivity (Wildman–Crippen MR) is 86.3 cm³/mol. The molecular weight excluding hydrogens is 262 g/mol. The summed E-state index contributed by atoms with van der Waals surface area (Å²) < 4.78 is 5.79. The van der Waals surface area contributed by atoms with E-state index in [1.165, 1.54) is 11.3 Å². The second kappa shape index (κ2) is 5.48. The van der Waals surface area contributed by atoms with Crippen LogP contribution in [0.5, 0.6) is 0 Å². The number of nitrogen functional groups attached to an aromatic ring is 1. The van der Waals surface area contributed by atoms with Gasteiger partial charge in [0.1, 0.15) is 5.52 Å². The topological polar surface area (TPSA) is 55.3 Å². The number of fused-ring (bicyclic) bond motifs is 1. The molecule has 0 fully saturated rings. The highest BCUT2D eigenvalue weighted by atomic mass is 16.3. The minimum absolute atomic E-state index is 0.633. The monoisotopic (exact) mass is 281 g/mol. The Balaban J connectivity index is 1.88. The molecule has 0 spiro atoms. The fourth-order valence-electron chi connectivity index (χ4n) is 2.39.